The molecule has 1 aliphatic carbocycles. The van der Waals surface area contributed by atoms with E-state index in [1.165, 1.54) is 12.8 Å². The third-order valence-corrected chi connectivity index (χ3v) is 6.06. The highest BCUT2D eigenvalue weighted by atomic mass is 16.5. The highest BCUT2D eigenvalue weighted by Crippen LogP contribution is 2.30. The number of carbonyl (C=O) groups excluding carboxylic acids is 1. The third-order valence-electron chi connectivity index (χ3n) is 6.06. The molecule has 0 aromatic heterocycles. The van der Waals surface area contributed by atoms with Crippen molar-refractivity contribution >= 4 is 5.91 Å². The summed E-state index contributed by atoms with van der Waals surface area (Å²) in [5, 5.41) is 10.4. The molecule has 1 heterocycles. The normalized spacial score (nSPS) is 20.0. The first-order valence-electron chi connectivity index (χ1n) is 11.6. The Bertz CT molecular complexity index is 854. The van der Waals surface area contributed by atoms with Crippen molar-refractivity contribution in [1.29, 1.82) is 0 Å². The topological polar surface area (TPSA) is 62.2 Å². The van der Waals surface area contributed by atoms with E-state index >= 15 is 0 Å². The summed E-state index contributed by atoms with van der Waals surface area (Å²) in [6, 6.07) is 17.3. The van der Waals surface area contributed by atoms with E-state index in [2.05, 4.69) is 4.90 Å². The number of aliphatic hydroxyl groups excluding tert-OH is 1. The average molecular weight is 439 g/mol. The molecule has 6 nitrogen and oxygen atoms in total. The van der Waals surface area contributed by atoms with Crippen LogP contribution in [0, 0.1) is 12.8 Å². The van der Waals surface area contributed by atoms with Crippen LogP contribution in [0.4, 0.5) is 0 Å². The highest BCUT2D eigenvalue weighted by Gasteiger charge is 2.31. The van der Waals surface area contributed by atoms with Gasteiger partial charge in [-0.15, -0.1) is 0 Å². The Hall–Kier alpha value is -2.41. The number of amides is 1. The van der Waals surface area contributed by atoms with Crippen LogP contribution in [0.15, 0.2) is 54.6 Å². The van der Waals surface area contributed by atoms with E-state index in [1.807, 2.05) is 66.4 Å². The first kappa shape index (κ1) is 22.8. The molecule has 6 heteroatoms. The Balaban J connectivity index is 1.29. The van der Waals surface area contributed by atoms with Crippen LogP contribution >= 0.6 is 0 Å². The van der Waals surface area contributed by atoms with Gasteiger partial charge in [-0.25, -0.2) is 0 Å². The van der Waals surface area contributed by atoms with E-state index in [0.29, 0.717) is 32.2 Å². The molecule has 0 spiro atoms. The van der Waals surface area contributed by atoms with Crippen molar-refractivity contribution in [3.63, 3.8) is 0 Å². The Labute approximate surface area is 190 Å². The van der Waals surface area contributed by atoms with Gasteiger partial charge in [0.25, 0.3) is 5.91 Å². The van der Waals surface area contributed by atoms with Crippen molar-refractivity contribution in [2.24, 2.45) is 5.92 Å². The van der Waals surface area contributed by atoms with Crippen molar-refractivity contribution in [3.05, 3.63) is 65.7 Å². The van der Waals surface area contributed by atoms with Gasteiger partial charge in [0.1, 0.15) is 18.5 Å². The molecule has 2 aromatic rings. The van der Waals surface area contributed by atoms with Crippen LogP contribution in [0.1, 0.15) is 28.8 Å². The number of ether oxygens (including phenoxy) is 2. The average Bonchev–Trinajstić information content (AvgIpc) is 3.62. The Morgan fingerprint density at radius 3 is 2.62 bits per heavy atom. The molecule has 2 aromatic carbocycles. The van der Waals surface area contributed by atoms with Gasteiger partial charge in [0.05, 0.1) is 12.7 Å². The number of hydrogen-bond acceptors (Lipinski definition) is 5. The number of hydrogen-bond donors (Lipinski definition) is 1. The minimum atomic E-state index is -0.578. The first-order chi connectivity index (χ1) is 15.6. The molecule has 1 aliphatic heterocycles. The summed E-state index contributed by atoms with van der Waals surface area (Å²) in [6.07, 6.45) is 1.76. The number of para-hydroxylation sites is 1. The van der Waals surface area contributed by atoms with Crippen molar-refractivity contribution < 1.29 is 19.4 Å². The molecule has 1 saturated carbocycles. The number of aliphatic hydroxyl groups is 1. The molecule has 1 N–H and O–H groups in total. The van der Waals surface area contributed by atoms with Crippen LogP contribution in [-0.4, -0.2) is 79.0 Å². The predicted octanol–water partition coefficient (Wildman–Crippen LogP) is 2.99. The summed E-state index contributed by atoms with van der Waals surface area (Å²) in [5.41, 5.74) is 1.88. The van der Waals surface area contributed by atoms with Crippen LogP contribution in [0.5, 0.6) is 5.75 Å². The van der Waals surface area contributed by atoms with Crippen LogP contribution < -0.4 is 4.74 Å². The number of β-amino-alcohol motifs (C(OH)–C–C–N with tert-alkyl or cyclic N) is 1. The Kier molecular flexibility index (Phi) is 7.79. The predicted molar refractivity (Wildman–Crippen MR) is 124 cm³/mol. The van der Waals surface area contributed by atoms with E-state index in [4.69, 9.17) is 9.47 Å². The van der Waals surface area contributed by atoms with Crippen LogP contribution in [-0.2, 0) is 4.74 Å². The molecule has 4 rings (SSSR count). The number of aryl methyl sites for hydroxylation is 1. The van der Waals surface area contributed by atoms with Crippen molar-refractivity contribution in [3.8, 4) is 5.75 Å². The number of carbonyl (C=O) groups is 1. The minimum absolute atomic E-state index is 0.0564. The standard InChI is InChI=1S/C26H34N2O4/c1-20-7-11-22(12-8-20)26(30)28(15-21-9-10-21)18-25-17-27(13-14-31-25)16-23(29)19-32-24-5-3-2-4-6-24/h2-8,11-12,21,23,25,29H,9-10,13-19H2,1H3/t23-,25-/m0/s1. The molecular weight excluding hydrogens is 404 g/mol. The Morgan fingerprint density at radius 1 is 1.16 bits per heavy atom. The molecule has 1 saturated heterocycles. The molecule has 0 radical (unpaired) electrons. The second kappa shape index (κ2) is 10.9. The van der Waals surface area contributed by atoms with Gasteiger partial charge < -0.3 is 19.5 Å². The van der Waals surface area contributed by atoms with Gasteiger partial charge in [-0.05, 0) is 49.9 Å². The van der Waals surface area contributed by atoms with Crippen molar-refractivity contribution in [2.75, 3.05) is 45.9 Å². The van der Waals surface area contributed by atoms with Gasteiger partial charge in [0.15, 0.2) is 0 Å². The van der Waals surface area contributed by atoms with E-state index in [-0.39, 0.29) is 18.6 Å². The lowest BCUT2D eigenvalue weighted by Crippen LogP contribution is -2.51. The molecular formula is C26H34N2O4. The number of morpholine rings is 1. The lowest BCUT2D eigenvalue weighted by molar-refractivity contribution is -0.0538. The van der Waals surface area contributed by atoms with Gasteiger partial charge in [0, 0.05) is 38.3 Å². The SMILES string of the molecule is Cc1ccc(C(=O)N(CC2CC2)C[C@@H]2CN(C[C@H](O)COc3ccccc3)CCO2)cc1. The fourth-order valence-electron chi connectivity index (χ4n) is 4.09. The molecule has 2 fully saturated rings. The summed E-state index contributed by atoms with van der Waals surface area (Å²) in [7, 11) is 0. The van der Waals surface area contributed by atoms with Crippen LogP contribution in [0.3, 0.4) is 0 Å². The fourth-order valence-corrected chi connectivity index (χ4v) is 4.09. The summed E-state index contributed by atoms with van der Waals surface area (Å²) in [4.78, 5) is 17.3. The quantitative estimate of drug-likeness (QED) is 0.618. The van der Waals surface area contributed by atoms with E-state index in [1.54, 1.807) is 0 Å². The molecule has 0 unspecified atom stereocenters. The molecule has 2 atom stereocenters. The number of rotatable bonds is 10. The van der Waals surface area contributed by atoms with E-state index < -0.39 is 6.10 Å². The van der Waals surface area contributed by atoms with Gasteiger partial charge in [-0.1, -0.05) is 35.9 Å². The summed E-state index contributed by atoms with van der Waals surface area (Å²) < 4.78 is 11.7. The monoisotopic (exact) mass is 438 g/mol. The van der Waals surface area contributed by atoms with Crippen molar-refractivity contribution in [1.82, 2.24) is 9.80 Å². The molecule has 32 heavy (non-hydrogen) atoms. The van der Waals surface area contributed by atoms with E-state index in [0.717, 1.165) is 30.0 Å². The summed E-state index contributed by atoms with van der Waals surface area (Å²) in [6.45, 7) is 6.26. The fraction of sp³-hybridized carbons (Fsp3) is 0.500. The Morgan fingerprint density at radius 2 is 1.91 bits per heavy atom. The second-order valence-corrected chi connectivity index (χ2v) is 9.05. The summed E-state index contributed by atoms with van der Waals surface area (Å²) >= 11 is 0. The van der Waals surface area contributed by atoms with Gasteiger partial charge in [0.2, 0.25) is 0 Å². The maximum absolute atomic E-state index is 13.2. The first-order valence-corrected chi connectivity index (χ1v) is 11.6. The smallest absolute Gasteiger partial charge is 0.253 e. The van der Waals surface area contributed by atoms with Crippen molar-refractivity contribution in [2.45, 2.75) is 32.0 Å². The molecule has 172 valence electrons. The summed E-state index contributed by atoms with van der Waals surface area (Å²) in [5.74, 6) is 1.45. The van der Waals surface area contributed by atoms with Crippen LogP contribution in [0.25, 0.3) is 0 Å². The van der Waals surface area contributed by atoms with Gasteiger partial charge in [-0.3, -0.25) is 9.69 Å². The highest BCUT2D eigenvalue weighted by molar-refractivity contribution is 5.94. The molecule has 2 aliphatic rings. The van der Waals surface area contributed by atoms with E-state index in [9.17, 15) is 9.90 Å². The van der Waals surface area contributed by atoms with Crippen LogP contribution in [0.2, 0.25) is 0 Å². The zero-order valence-corrected chi connectivity index (χ0v) is 18.9. The zero-order valence-electron chi connectivity index (χ0n) is 18.9. The second-order valence-electron chi connectivity index (χ2n) is 9.05. The lowest BCUT2D eigenvalue weighted by atomic mass is 10.1. The molecule has 1 amide bonds. The maximum atomic E-state index is 13.2. The largest absolute Gasteiger partial charge is 0.491 e. The van der Waals surface area contributed by atoms with Gasteiger partial charge >= 0.3 is 0 Å². The number of benzene rings is 2. The zero-order chi connectivity index (χ0) is 22.3. The van der Waals surface area contributed by atoms with Gasteiger partial charge in [-0.2, -0.15) is 0 Å². The number of nitrogens with zero attached hydrogens (tertiary/aromatic N) is 2. The minimum Gasteiger partial charge on any atom is -0.491 e. The lowest BCUT2D eigenvalue weighted by Gasteiger charge is -2.36. The maximum Gasteiger partial charge on any atom is 0.253 e. The molecule has 0 bridgehead atoms. The third kappa shape index (κ3) is 6.79.